The monoisotopic (exact) mass is 276 g/mol. The molecule has 1 rings (SSSR count). The van der Waals surface area contributed by atoms with Crippen LogP contribution >= 0.6 is 0 Å². The molecule has 1 atom stereocenters. The number of carbonyl (C=O) groups is 2. The Morgan fingerprint density at radius 2 is 2.00 bits per heavy atom. The van der Waals surface area contributed by atoms with E-state index in [9.17, 15) is 9.59 Å². The summed E-state index contributed by atoms with van der Waals surface area (Å²) < 4.78 is 0. The summed E-state index contributed by atoms with van der Waals surface area (Å²) in [5.74, 6) is -0.940. The smallest absolute Gasteiger partial charge is 0.335 e. The average Bonchev–Trinajstić information content (AvgIpc) is 2.39. The van der Waals surface area contributed by atoms with Gasteiger partial charge < -0.3 is 15.7 Å². The minimum atomic E-state index is -0.940. The lowest BCUT2D eigenvalue weighted by atomic mass is 10.1. The fraction of sp³-hybridized carbons (Fsp3) is 0.333. The molecule has 20 heavy (non-hydrogen) atoms. The Morgan fingerprint density at radius 1 is 1.35 bits per heavy atom. The molecule has 0 aliphatic carbocycles. The van der Waals surface area contributed by atoms with Crippen LogP contribution in [0.5, 0.6) is 0 Å². The zero-order valence-electron chi connectivity index (χ0n) is 11.6. The molecule has 0 fully saturated rings. The maximum absolute atomic E-state index is 11.5. The lowest BCUT2D eigenvalue weighted by Gasteiger charge is -2.12. The van der Waals surface area contributed by atoms with E-state index in [1.807, 2.05) is 6.92 Å². The highest BCUT2D eigenvalue weighted by atomic mass is 16.4. The molecule has 1 unspecified atom stereocenters. The minimum Gasteiger partial charge on any atom is -0.478 e. The first-order valence-electron chi connectivity index (χ1n) is 6.50. The molecule has 0 aliphatic heterocycles. The van der Waals surface area contributed by atoms with Gasteiger partial charge in [-0.05, 0) is 37.5 Å². The fourth-order valence-corrected chi connectivity index (χ4v) is 1.72. The van der Waals surface area contributed by atoms with Crippen molar-refractivity contribution in [2.24, 2.45) is 0 Å². The number of amides is 2. The molecule has 0 aromatic heterocycles. The summed E-state index contributed by atoms with van der Waals surface area (Å²) in [4.78, 5) is 22.2. The second-order valence-corrected chi connectivity index (χ2v) is 4.58. The van der Waals surface area contributed by atoms with E-state index >= 15 is 0 Å². The van der Waals surface area contributed by atoms with Gasteiger partial charge in [0.2, 0.25) is 0 Å². The van der Waals surface area contributed by atoms with Gasteiger partial charge >= 0.3 is 12.0 Å². The van der Waals surface area contributed by atoms with Crippen molar-refractivity contribution >= 4 is 12.0 Å². The molecular formula is C15H20N2O3. The molecule has 0 spiro atoms. The van der Waals surface area contributed by atoms with E-state index in [0.717, 1.165) is 12.0 Å². The molecule has 0 radical (unpaired) electrons. The van der Waals surface area contributed by atoms with Gasteiger partial charge in [-0.3, -0.25) is 0 Å². The third-order valence-electron chi connectivity index (χ3n) is 2.80. The summed E-state index contributed by atoms with van der Waals surface area (Å²) in [5, 5.41) is 14.3. The maximum atomic E-state index is 11.5. The standard InChI is InChI=1S/C15H20N2O3/c1-3-4-11(2)17-15(20)16-10-9-12-5-7-13(8-6-12)14(18)19/h3,5-8,11H,1,4,9-10H2,2H3,(H,18,19)(H2,16,17,20). The molecule has 5 nitrogen and oxygen atoms in total. The van der Waals surface area contributed by atoms with E-state index in [0.29, 0.717) is 13.0 Å². The van der Waals surface area contributed by atoms with E-state index < -0.39 is 5.97 Å². The van der Waals surface area contributed by atoms with E-state index in [2.05, 4.69) is 17.2 Å². The van der Waals surface area contributed by atoms with Gasteiger partial charge in [-0.2, -0.15) is 0 Å². The van der Waals surface area contributed by atoms with Gasteiger partial charge in [-0.15, -0.1) is 6.58 Å². The number of nitrogens with one attached hydrogen (secondary N) is 2. The number of rotatable bonds is 7. The molecule has 108 valence electrons. The Hall–Kier alpha value is -2.30. The molecule has 0 saturated heterocycles. The Balaban J connectivity index is 2.31. The van der Waals surface area contributed by atoms with Gasteiger partial charge in [-0.25, -0.2) is 9.59 Å². The highest BCUT2D eigenvalue weighted by Gasteiger charge is 2.05. The summed E-state index contributed by atoms with van der Waals surface area (Å²) in [6.07, 6.45) is 3.14. The second kappa shape index (κ2) is 7.99. The van der Waals surface area contributed by atoms with Gasteiger partial charge in [-0.1, -0.05) is 18.2 Å². The zero-order chi connectivity index (χ0) is 15.0. The Morgan fingerprint density at radius 3 is 2.55 bits per heavy atom. The highest BCUT2D eigenvalue weighted by Crippen LogP contribution is 2.04. The fourth-order valence-electron chi connectivity index (χ4n) is 1.72. The number of hydrogen-bond acceptors (Lipinski definition) is 2. The van der Waals surface area contributed by atoms with E-state index in [1.165, 1.54) is 0 Å². The normalized spacial score (nSPS) is 11.4. The topological polar surface area (TPSA) is 78.4 Å². The quantitative estimate of drug-likeness (QED) is 0.668. The second-order valence-electron chi connectivity index (χ2n) is 4.58. The van der Waals surface area contributed by atoms with E-state index in [-0.39, 0.29) is 17.6 Å². The van der Waals surface area contributed by atoms with Crippen molar-refractivity contribution < 1.29 is 14.7 Å². The van der Waals surface area contributed by atoms with Crippen LogP contribution in [0.3, 0.4) is 0 Å². The van der Waals surface area contributed by atoms with Crippen LogP contribution in [0.2, 0.25) is 0 Å². The Bertz CT molecular complexity index is 469. The van der Waals surface area contributed by atoms with E-state index in [1.54, 1.807) is 30.3 Å². The molecule has 5 heteroatoms. The van der Waals surface area contributed by atoms with Crippen LogP contribution in [-0.2, 0) is 6.42 Å². The summed E-state index contributed by atoms with van der Waals surface area (Å²) >= 11 is 0. The van der Waals surface area contributed by atoms with Gasteiger partial charge in [0.05, 0.1) is 5.56 Å². The first kappa shape index (κ1) is 15.8. The lowest BCUT2D eigenvalue weighted by Crippen LogP contribution is -2.41. The minimum absolute atomic E-state index is 0.0577. The van der Waals surface area contributed by atoms with Crippen molar-refractivity contribution in [3.05, 3.63) is 48.0 Å². The number of benzene rings is 1. The van der Waals surface area contributed by atoms with Crippen LogP contribution in [0, 0.1) is 0 Å². The van der Waals surface area contributed by atoms with Crippen molar-refractivity contribution in [3.63, 3.8) is 0 Å². The molecule has 0 heterocycles. The van der Waals surface area contributed by atoms with Crippen LogP contribution in [0.25, 0.3) is 0 Å². The highest BCUT2D eigenvalue weighted by molar-refractivity contribution is 5.87. The molecule has 0 bridgehead atoms. The first-order chi connectivity index (χ1) is 9.52. The summed E-state index contributed by atoms with van der Waals surface area (Å²) in [6, 6.07) is 6.48. The largest absolute Gasteiger partial charge is 0.478 e. The molecule has 0 saturated carbocycles. The van der Waals surface area contributed by atoms with Gasteiger partial charge in [0, 0.05) is 12.6 Å². The molecule has 0 aliphatic rings. The molecule has 1 aromatic rings. The first-order valence-corrected chi connectivity index (χ1v) is 6.50. The van der Waals surface area contributed by atoms with Gasteiger partial charge in [0.25, 0.3) is 0 Å². The van der Waals surface area contributed by atoms with Crippen LogP contribution in [0.15, 0.2) is 36.9 Å². The SMILES string of the molecule is C=CCC(C)NC(=O)NCCc1ccc(C(=O)O)cc1. The summed E-state index contributed by atoms with van der Waals surface area (Å²) in [5.41, 5.74) is 1.24. The van der Waals surface area contributed by atoms with E-state index in [4.69, 9.17) is 5.11 Å². The van der Waals surface area contributed by atoms with Crippen molar-refractivity contribution in [2.45, 2.75) is 25.8 Å². The number of urea groups is 1. The number of carboxylic acid groups (broad SMARTS) is 1. The predicted octanol–water partition coefficient (Wildman–Crippen LogP) is 2.19. The number of carboxylic acids is 1. The Labute approximate surface area is 118 Å². The number of carbonyl (C=O) groups excluding carboxylic acids is 1. The predicted molar refractivity (Wildman–Crippen MR) is 77.9 cm³/mol. The van der Waals surface area contributed by atoms with Gasteiger partial charge in [0.15, 0.2) is 0 Å². The molecular weight excluding hydrogens is 256 g/mol. The zero-order valence-corrected chi connectivity index (χ0v) is 11.6. The third-order valence-corrected chi connectivity index (χ3v) is 2.80. The molecule has 1 aromatic carbocycles. The van der Waals surface area contributed by atoms with Crippen LogP contribution in [-0.4, -0.2) is 29.7 Å². The molecule has 2 amide bonds. The van der Waals surface area contributed by atoms with Crippen molar-refractivity contribution in [2.75, 3.05) is 6.54 Å². The maximum Gasteiger partial charge on any atom is 0.335 e. The summed E-state index contributed by atoms with van der Waals surface area (Å²) in [6.45, 7) is 6.02. The summed E-state index contributed by atoms with van der Waals surface area (Å²) in [7, 11) is 0. The van der Waals surface area contributed by atoms with Crippen LogP contribution < -0.4 is 10.6 Å². The van der Waals surface area contributed by atoms with Crippen LogP contribution in [0.4, 0.5) is 4.79 Å². The van der Waals surface area contributed by atoms with Crippen molar-refractivity contribution in [1.29, 1.82) is 0 Å². The average molecular weight is 276 g/mol. The van der Waals surface area contributed by atoms with Crippen molar-refractivity contribution in [1.82, 2.24) is 10.6 Å². The third kappa shape index (κ3) is 5.56. The Kier molecular flexibility index (Phi) is 6.29. The number of aromatic carboxylic acids is 1. The lowest BCUT2D eigenvalue weighted by molar-refractivity contribution is 0.0697. The number of hydrogen-bond donors (Lipinski definition) is 3. The van der Waals surface area contributed by atoms with Crippen molar-refractivity contribution in [3.8, 4) is 0 Å². The van der Waals surface area contributed by atoms with Gasteiger partial charge in [0.1, 0.15) is 0 Å². The van der Waals surface area contributed by atoms with Crippen LogP contribution in [0.1, 0.15) is 29.3 Å². The molecule has 3 N–H and O–H groups in total.